The first kappa shape index (κ1) is 23.8. The number of hydrogen-bond donors (Lipinski definition) is 4. The van der Waals surface area contributed by atoms with Crippen LogP contribution in [0, 0.1) is 11.8 Å². The number of aliphatic hydroxyl groups excluding tert-OH is 1. The lowest BCUT2D eigenvalue weighted by Crippen LogP contribution is -2.55. The highest BCUT2D eigenvalue weighted by Gasteiger charge is 2.41. The van der Waals surface area contributed by atoms with Crippen molar-refractivity contribution >= 4 is 23.1 Å². The lowest BCUT2D eigenvalue weighted by Gasteiger charge is -2.34. The Morgan fingerprint density at radius 3 is 2.70 bits per heavy atom. The number of nitrogens with zero attached hydrogens (tertiary/aromatic N) is 3. The minimum absolute atomic E-state index is 0.0450. The van der Waals surface area contributed by atoms with Gasteiger partial charge in [-0.2, -0.15) is 4.98 Å². The summed E-state index contributed by atoms with van der Waals surface area (Å²) in [5, 5.41) is 9.61. The molecule has 11 nitrogen and oxygen atoms in total. The van der Waals surface area contributed by atoms with Gasteiger partial charge in [-0.25, -0.2) is 4.98 Å². The molecule has 0 bridgehead atoms. The molecule has 6 N–H and O–H groups in total. The Bertz CT molecular complexity index is 910. The highest BCUT2D eigenvalue weighted by Crippen LogP contribution is 2.27. The molecule has 0 saturated heterocycles. The fraction of sp³-hybridized carbons (Fsp3) is 0.684. The van der Waals surface area contributed by atoms with Gasteiger partial charge in [0.05, 0.1) is 12.9 Å². The molecular formula is C19H32N6O5. The molecule has 0 aliphatic rings. The topological polar surface area (TPSA) is 171 Å². The maximum Gasteiger partial charge on any atom is 0.326 e. The predicted octanol–water partition coefficient (Wildman–Crippen LogP) is 0.370. The minimum atomic E-state index is -1.11. The maximum atomic E-state index is 12.7. The fourth-order valence-corrected chi connectivity index (χ4v) is 3.23. The first-order chi connectivity index (χ1) is 14.1. The third-order valence-corrected chi connectivity index (χ3v) is 5.16. The number of nitrogens with two attached hydrogens (primary N) is 2. The molecule has 0 fully saturated rings. The molecule has 0 saturated carbocycles. The van der Waals surface area contributed by atoms with E-state index in [1.54, 1.807) is 0 Å². The van der Waals surface area contributed by atoms with E-state index in [0.717, 1.165) is 6.42 Å². The quantitative estimate of drug-likeness (QED) is 0.372. The van der Waals surface area contributed by atoms with Gasteiger partial charge in [0.1, 0.15) is 25.0 Å². The molecule has 2 aromatic rings. The van der Waals surface area contributed by atoms with Crippen LogP contribution in [-0.2, 0) is 21.0 Å². The Hall–Kier alpha value is -2.50. The van der Waals surface area contributed by atoms with Crippen LogP contribution in [0.2, 0.25) is 0 Å². The van der Waals surface area contributed by atoms with Crippen LogP contribution in [0.1, 0.15) is 40.5 Å². The van der Waals surface area contributed by atoms with Crippen LogP contribution >= 0.6 is 0 Å². The Morgan fingerprint density at radius 1 is 1.40 bits per heavy atom. The van der Waals surface area contributed by atoms with Crippen molar-refractivity contribution in [3.63, 3.8) is 0 Å². The maximum absolute atomic E-state index is 12.7. The van der Waals surface area contributed by atoms with Crippen molar-refractivity contribution in [1.29, 1.82) is 0 Å². The smallest absolute Gasteiger partial charge is 0.326 e. The van der Waals surface area contributed by atoms with Crippen LogP contribution in [0.4, 0.5) is 5.95 Å². The van der Waals surface area contributed by atoms with E-state index in [1.165, 1.54) is 10.9 Å². The summed E-state index contributed by atoms with van der Waals surface area (Å²) in [4.78, 5) is 35.0. The Balaban J connectivity index is 2.02. The number of ether oxygens (including phenoxy) is 2. The summed E-state index contributed by atoms with van der Waals surface area (Å²) in [6.07, 6.45) is 1.82. The van der Waals surface area contributed by atoms with Crippen molar-refractivity contribution in [2.75, 3.05) is 18.9 Å². The Morgan fingerprint density at radius 2 is 2.10 bits per heavy atom. The summed E-state index contributed by atoms with van der Waals surface area (Å²) in [5.74, 6) is -0.398. The molecule has 0 aliphatic heterocycles. The van der Waals surface area contributed by atoms with Gasteiger partial charge in [0.15, 0.2) is 11.2 Å². The number of H-pyrrole nitrogens is 1. The fourth-order valence-electron chi connectivity index (χ4n) is 3.23. The molecule has 11 heteroatoms. The number of aromatic amines is 1. The highest BCUT2D eigenvalue weighted by molar-refractivity contribution is 5.81. The van der Waals surface area contributed by atoms with E-state index in [9.17, 15) is 14.7 Å². The zero-order valence-electron chi connectivity index (χ0n) is 17.9. The summed E-state index contributed by atoms with van der Waals surface area (Å²) in [5.41, 5.74) is 10.8. The van der Waals surface area contributed by atoms with Gasteiger partial charge < -0.3 is 26.0 Å². The number of esters is 1. The largest absolute Gasteiger partial charge is 0.461 e. The van der Waals surface area contributed by atoms with Gasteiger partial charge in [0.25, 0.3) is 5.56 Å². The van der Waals surface area contributed by atoms with Crippen molar-refractivity contribution in [2.24, 2.45) is 17.6 Å². The second-order valence-electron chi connectivity index (χ2n) is 7.98. The number of imidazole rings is 1. The van der Waals surface area contributed by atoms with E-state index in [-0.39, 0.29) is 48.9 Å². The molecule has 2 heterocycles. The summed E-state index contributed by atoms with van der Waals surface area (Å²) < 4.78 is 12.5. The molecule has 3 atom stereocenters. The number of nitrogens with one attached hydrogen (secondary N) is 1. The number of rotatable bonds is 11. The van der Waals surface area contributed by atoms with Crippen molar-refractivity contribution in [3.8, 4) is 0 Å². The summed E-state index contributed by atoms with van der Waals surface area (Å²) >= 11 is 0. The van der Waals surface area contributed by atoms with Gasteiger partial charge in [-0.05, 0) is 18.3 Å². The van der Waals surface area contributed by atoms with E-state index in [2.05, 4.69) is 15.0 Å². The molecular weight excluding hydrogens is 392 g/mol. The van der Waals surface area contributed by atoms with Crippen LogP contribution in [0.5, 0.6) is 0 Å². The van der Waals surface area contributed by atoms with Gasteiger partial charge in [-0.1, -0.05) is 34.1 Å². The average Bonchev–Trinajstić information content (AvgIpc) is 3.09. The zero-order valence-corrected chi connectivity index (χ0v) is 17.9. The first-order valence-corrected chi connectivity index (χ1v) is 10.0. The standard InChI is InChI=1S/C19H32N6O5/c1-5-12(4)19(21,6-11(2)3)17(28)29-8-13(7-26)30-10-25-9-22-14-15(25)23-18(20)24-16(14)27/h9,11-13,26H,5-8,10,21H2,1-4H3,(H3,20,23,24,27). The van der Waals surface area contributed by atoms with Crippen LogP contribution in [0.3, 0.4) is 0 Å². The molecule has 2 aromatic heterocycles. The third-order valence-electron chi connectivity index (χ3n) is 5.16. The van der Waals surface area contributed by atoms with E-state index in [1.807, 2.05) is 27.7 Å². The monoisotopic (exact) mass is 424 g/mol. The number of carbonyl (C=O) groups excluding carboxylic acids is 1. The number of carbonyl (C=O) groups is 1. The molecule has 0 aliphatic carbocycles. The third kappa shape index (κ3) is 5.35. The van der Waals surface area contributed by atoms with Gasteiger partial charge in [-0.3, -0.25) is 19.1 Å². The average molecular weight is 425 g/mol. The second kappa shape index (κ2) is 10.0. The normalized spacial score (nSPS) is 15.8. The van der Waals surface area contributed by atoms with Gasteiger partial charge >= 0.3 is 5.97 Å². The van der Waals surface area contributed by atoms with Crippen LogP contribution in [0.25, 0.3) is 11.2 Å². The van der Waals surface area contributed by atoms with E-state index >= 15 is 0 Å². The number of fused-ring (bicyclic) bond motifs is 1. The second-order valence-corrected chi connectivity index (χ2v) is 7.98. The minimum Gasteiger partial charge on any atom is -0.461 e. The number of nitrogen functional groups attached to an aromatic ring is 1. The van der Waals surface area contributed by atoms with Crippen molar-refractivity contribution in [2.45, 2.75) is 58.9 Å². The molecule has 3 unspecified atom stereocenters. The van der Waals surface area contributed by atoms with E-state index in [0.29, 0.717) is 6.42 Å². The van der Waals surface area contributed by atoms with Gasteiger partial charge in [0, 0.05) is 0 Å². The number of aromatic nitrogens is 4. The molecule has 2 rings (SSSR count). The van der Waals surface area contributed by atoms with E-state index < -0.39 is 23.2 Å². The van der Waals surface area contributed by atoms with Crippen molar-refractivity contribution < 1.29 is 19.4 Å². The molecule has 0 amide bonds. The molecule has 0 radical (unpaired) electrons. The number of hydrogen-bond acceptors (Lipinski definition) is 9. The Kier molecular flexibility index (Phi) is 7.93. The summed E-state index contributed by atoms with van der Waals surface area (Å²) in [6.45, 7) is 7.29. The first-order valence-electron chi connectivity index (χ1n) is 10.0. The summed E-state index contributed by atoms with van der Waals surface area (Å²) in [6, 6.07) is 0. The van der Waals surface area contributed by atoms with Crippen molar-refractivity contribution in [1.82, 2.24) is 19.5 Å². The summed E-state index contributed by atoms with van der Waals surface area (Å²) in [7, 11) is 0. The SMILES string of the molecule is CCC(C)C(N)(CC(C)C)C(=O)OCC(CO)OCn1cnc2c(=O)[nH]c(N)nc21. The molecule has 0 aromatic carbocycles. The molecule has 30 heavy (non-hydrogen) atoms. The van der Waals surface area contributed by atoms with Gasteiger partial charge in [0.2, 0.25) is 5.95 Å². The molecule has 168 valence electrons. The number of aliphatic hydroxyl groups is 1. The predicted molar refractivity (Wildman–Crippen MR) is 111 cm³/mol. The number of anilines is 1. The lowest BCUT2D eigenvalue weighted by molar-refractivity contribution is -0.159. The van der Waals surface area contributed by atoms with Crippen molar-refractivity contribution in [3.05, 3.63) is 16.7 Å². The van der Waals surface area contributed by atoms with Crippen LogP contribution < -0.4 is 17.0 Å². The molecule has 0 spiro atoms. The van der Waals surface area contributed by atoms with Gasteiger partial charge in [-0.15, -0.1) is 0 Å². The van der Waals surface area contributed by atoms with Crippen LogP contribution in [0.15, 0.2) is 11.1 Å². The zero-order chi connectivity index (χ0) is 22.5. The lowest BCUT2D eigenvalue weighted by atomic mass is 9.78. The van der Waals surface area contributed by atoms with Crippen LogP contribution in [-0.4, -0.2) is 55.5 Å². The Labute approximate surface area is 174 Å². The van der Waals surface area contributed by atoms with E-state index in [4.69, 9.17) is 20.9 Å². The highest BCUT2D eigenvalue weighted by atomic mass is 16.6.